The fraction of sp³-hybridized carbons (Fsp3) is 0.286. The fourth-order valence-electron chi connectivity index (χ4n) is 5.00. The van der Waals surface area contributed by atoms with Gasteiger partial charge in [0.15, 0.2) is 5.41 Å². The lowest BCUT2D eigenvalue weighted by molar-refractivity contribution is 0.0997. The van der Waals surface area contributed by atoms with Crippen LogP contribution in [-0.4, -0.2) is 30.7 Å². The first-order valence-electron chi connectivity index (χ1n) is 11.7. The number of benzene rings is 2. The third-order valence-electron chi connectivity index (χ3n) is 6.75. The van der Waals surface area contributed by atoms with Gasteiger partial charge in [-0.25, -0.2) is 4.79 Å². The molecule has 37 heavy (non-hydrogen) atoms. The summed E-state index contributed by atoms with van der Waals surface area (Å²) in [5.41, 5.74) is 6.64. The lowest BCUT2D eigenvalue weighted by Crippen LogP contribution is -2.49. The van der Waals surface area contributed by atoms with Gasteiger partial charge >= 0.3 is 6.09 Å². The minimum atomic E-state index is -1.86. The van der Waals surface area contributed by atoms with E-state index >= 15 is 0 Å². The van der Waals surface area contributed by atoms with E-state index in [1.54, 1.807) is 49.4 Å². The second-order valence-electron chi connectivity index (χ2n) is 8.73. The van der Waals surface area contributed by atoms with Crippen LogP contribution in [0.2, 0.25) is 5.02 Å². The molecule has 0 fully saturated rings. The fourth-order valence-corrected chi connectivity index (χ4v) is 5.12. The molecular formula is C28H24ClN5O3. The number of carbonyl (C=O) groups is 1. The van der Waals surface area contributed by atoms with E-state index in [4.69, 9.17) is 26.8 Å². The van der Waals surface area contributed by atoms with Crippen LogP contribution in [0.25, 0.3) is 0 Å². The van der Waals surface area contributed by atoms with Crippen LogP contribution in [0.5, 0.6) is 5.75 Å². The van der Waals surface area contributed by atoms with Gasteiger partial charge < -0.3 is 20.1 Å². The van der Waals surface area contributed by atoms with Crippen LogP contribution in [-0.2, 0) is 11.3 Å². The van der Waals surface area contributed by atoms with Crippen LogP contribution >= 0.6 is 11.6 Å². The van der Waals surface area contributed by atoms with E-state index in [0.29, 0.717) is 21.9 Å². The van der Waals surface area contributed by atoms with Crippen molar-refractivity contribution in [2.45, 2.75) is 19.4 Å². The Labute approximate surface area is 220 Å². The zero-order valence-electron chi connectivity index (χ0n) is 20.1. The van der Waals surface area contributed by atoms with Crippen molar-refractivity contribution in [1.29, 1.82) is 15.8 Å². The molecule has 0 spiro atoms. The molecular weight excluding hydrogens is 490 g/mol. The highest BCUT2D eigenvalue weighted by Crippen LogP contribution is 2.55. The number of halogens is 1. The van der Waals surface area contributed by atoms with Gasteiger partial charge in [-0.15, -0.1) is 0 Å². The van der Waals surface area contributed by atoms with Crippen molar-refractivity contribution in [3.8, 4) is 24.0 Å². The number of allylic oxidation sites excluding steroid dienone is 2. The maximum atomic E-state index is 12.6. The Hall–Kier alpha value is -4.45. The Bertz CT molecular complexity index is 1380. The summed E-state index contributed by atoms with van der Waals surface area (Å²) in [5.74, 6) is -0.915. The number of para-hydroxylation sites is 1. The SMILES string of the molecule is CCOC(=O)N1CC=C2C(C#N)=C(N)C(C#N)(C#N)[C@H](c3ccccc3OCc3ccc(Cl)cc3)[C@H]2C1. The van der Waals surface area contributed by atoms with Crippen molar-refractivity contribution in [1.82, 2.24) is 4.90 Å². The molecule has 2 aromatic rings. The minimum Gasteiger partial charge on any atom is -0.489 e. The molecule has 0 saturated carbocycles. The molecule has 2 atom stereocenters. The average molecular weight is 514 g/mol. The number of carbonyl (C=O) groups excluding carboxylic acids is 1. The van der Waals surface area contributed by atoms with Crippen LogP contribution in [0.1, 0.15) is 24.0 Å². The summed E-state index contributed by atoms with van der Waals surface area (Å²) >= 11 is 5.99. The molecule has 2 N–H and O–H groups in total. The number of hydrogen-bond donors (Lipinski definition) is 1. The predicted octanol–water partition coefficient (Wildman–Crippen LogP) is 4.80. The Morgan fingerprint density at radius 3 is 2.51 bits per heavy atom. The maximum Gasteiger partial charge on any atom is 0.410 e. The third-order valence-corrected chi connectivity index (χ3v) is 7.00. The van der Waals surface area contributed by atoms with Gasteiger partial charge in [0.1, 0.15) is 18.4 Å². The molecule has 0 radical (unpaired) electrons. The molecule has 0 bridgehead atoms. The average Bonchev–Trinajstić information content (AvgIpc) is 2.92. The van der Waals surface area contributed by atoms with Crippen molar-refractivity contribution in [3.63, 3.8) is 0 Å². The van der Waals surface area contributed by atoms with Gasteiger partial charge in [0.05, 0.1) is 30.0 Å². The van der Waals surface area contributed by atoms with E-state index in [0.717, 1.165) is 5.56 Å². The summed E-state index contributed by atoms with van der Waals surface area (Å²) in [5, 5.41) is 31.3. The smallest absolute Gasteiger partial charge is 0.410 e. The largest absolute Gasteiger partial charge is 0.489 e. The summed E-state index contributed by atoms with van der Waals surface area (Å²) in [6.07, 6.45) is 1.24. The molecule has 2 aliphatic rings. The highest BCUT2D eigenvalue weighted by Gasteiger charge is 2.55. The molecule has 0 aromatic heterocycles. The second-order valence-corrected chi connectivity index (χ2v) is 9.17. The quantitative estimate of drug-likeness (QED) is 0.606. The molecule has 0 saturated heterocycles. The monoisotopic (exact) mass is 513 g/mol. The zero-order valence-corrected chi connectivity index (χ0v) is 20.9. The Morgan fingerprint density at radius 2 is 1.86 bits per heavy atom. The lowest BCUT2D eigenvalue weighted by atomic mass is 9.58. The number of amides is 1. The Balaban J connectivity index is 1.84. The maximum absolute atomic E-state index is 12.6. The van der Waals surface area contributed by atoms with E-state index in [1.807, 2.05) is 12.1 Å². The van der Waals surface area contributed by atoms with E-state index in [2.05, 4.69) is 18.2 Å². The van der Waals surface area contributed by atoms with Gasteiger partial charge in [-0.2, -0.15) is 15.8 Å². The number of ether oxygens (including phenoxy) is 2. The predicted molar refractivity (Wildman–Crippen MR) is 136 cm³/mol. The van der Waals surface area contributed by atoms with Gasteiger partial charge in [-0.3, -0.25) is 0 Å². The van der Waals surface area contributed by atoms with E-state index in [-0.39, 0.29) is 37.6 Å². The minimum absolute atomic E-state index is 0.0930. The number of hydrogen-bond acceptors (Lipinski definition) is 7. The molecule has 1 heterocycles. The van der Waals surface area contributed by atoms with Gasteiger partial charge in [-0.05, 0) is 36.3 Å². The van der Waals surface area contributed by atoms with Crippen molar-refractivity contribution in [2.75, 3.05) is 19.7 Å². The van der Waals surface area contributed by atoms with Gasteiger partial charge in [0, 0.05) is 35.5 Å². The first-order valence-corrected chi connectivity index (χ1v) is 12.1. The summed E-state index contributed by atoms with van der Waals surface area (Å²) in [6.45, 7) is 2.51. The Kier molecular flexibility index (Phi) is 7.39. The van der Waals surface area contributed by atoms with Crippen LogP contribution in [0.4, 0.5) is 4.79 Å². The summed E-state index contributed by atoms with van der Waals surface area (Å²) in [6, 6.07) is 20.7. The van der Waals surface area contributed by atoms with Crippen molar-refractivity contribution < 1.29 is 14.3 Å². The molecule has 1 aliphatic carbocycles. The summed E-state index contributed by atoms with van der Waals surface area (Å²) in [7, 11) is 0. The molecule has 0 unspecified atom stereocenters. The molecule has 1 amide bonds. The lowest BCUT2D eigenvalue weighted by Gasteiger charge is -2.45. The van der Waals surface area contributed by atoms with Crippen molar-refractivity contribution in [3.05, 3.63) is 87.6 Å². The highest BCUT2D eigenvalue weighted by atomic mass is 35.5. The van der Waals surface area contributed by atoms with Gasteiger partial charge in [0.2, 0.25) is 0 Å². The van der Waals surface area contributed by atoms with E-state index in [9.17, 15) is 20.6 Å². The first-order chi connectivity index (χ1) is 17.9. The normalized spacial score (nSPS) is 20.0. The second kappa shape index (κ2) is 10.7. The first kappa shape index (κ1) is 25.6. The van der Waals surface area contributed by atoms with Crippen LogP contribution in [0.3, 0.4) is 0 Å². The number of nitrogens with zero attached hydrogens (tertiary/aromatic N) is 4. The molecule has 4 rings (SSSR count). The van der Waals surface area contributed by atoms with Crippen LogP contribution < -0.4 is 10.5 Å². The number of rotatable bonds is 5. The topological polar surface area (TPSA) is 136 Å². The van der Waals surface area contributed by atoms with E-state index in [1.165, 1.54) is 4.90 Å². The number of nitrogens with two attached hydrogens (primary N) is 1. The molecule has 8 nitrogen and oxygen atoms in total. The highest BCUT2D eigenvalue weighted by molar-refractivity contribution is 6.30. The Morgan fingerprint density at radius 1 is 1.16 bits per heavy atom. The standard InChI is InChI=1S/C28H24ClN5O3/c1-2-36-27(35)34-12-11-20-22(13-30)26(33)28(16-31,17-32)25(23(20)14-34)21-5-3-4-6-24(21)37-15-18-7-9-19(29)10-8-18/h3-11,23,25H,2,12,14-15,33H2,1H3/t23-,25+/m0/s1. The van der Waals surface area contributed by atoms with E-state index < -0.39 is 23.3 Å². The number of fused-ring (bicyclic) bond motifs is 1. The molecule has 1 aliphatic heterocycles. The van der Waals surface area contributed by atoms with Gasteiger partial charge in [-0.1, -0.05) is 48.0 Å². The molecule has 2 aromatic carbocycles. The van der Waals surface area contributed by atoms with Gasteiger partial charge in [0.25, 0.3) is 0 Å². The van der Waals surface area contributed by atoms with Crippen molar-refractivity contribution in [2.24, 2.45) is 17.1 Å². The third kappa shape index (κ3) is 4.58. The summed E-state index contributed by atoms with van der Waals surface area (Å²) in [4.78, 5) is 14.1. The molecule has 186 valence electrons. The van der Waals surface area contributed by atoms with Crippen LogP contribution in [0.15, 0.2) is 71.5 Å². The van der Waals surface area contributed by atoms with Crippen molar-refractivity contribution >= 4 is 17.7 Å². The van der Waals surface area contributed by atoms with Crippen LogP contribution in [0, 0.1) is 45.3 Å². The number of nitriles is 3. The summed E-state index contributed by atoms with van der Waals surface area (Å²) < 4.78 is 11.4. The zero-order chi connectivity index (χ0) is 26.6. The molecule has 9 heteroatoms.